The van der Waals surface area contributed by atoms with E-state index in [2.05, 4.69) is 10.0 Å². The van der Waals surface area contributed by atoms with Gasteiger partial charge in [0.15, 0.2) is 6.61 Å². The van der Waals surface area contributed by atoms with Crippen molar-refractivity contribution in [2.24, 2.45) is 0 Å². The van der Waals surface area contributed by atoms with Gasteiger partial charge in [0.1, 0.15) is 5.75 Å². The van der Waals surface area contributed by atoms with Crippen molar-refractivity contribution in [2.75, 3.05) is 11.9 Å². The van der Waals surface area contributed by atoms with Crippen LogP contribution in [0.5, 0.6) is 5.75 Å². The molecule has 1 aliphatic rings. The van der Waals surface area contributed by atoms with Gasteiger partial charge in [0.05, 0.1) is 10.6 Å². The lowest BCUT2D eigenvalue weighted by Crippen LogP contribution is -2.27. The molecule has 0 spiro atoms. The van der Waals surface area contributed by atoms with Gasteiger partial charge in [-0.3, -0.25) is 4.79 Å². The molecule has 1 aromatic heterocycles. The number of ether oxygens (including phenoxy) is 1. The summed E-state index contributed by atoms with van der Waals surface area (Å²) in [7, 11) is -3.65. The second-order valence-corrected chi connectivity index (χ2v) is 7.62. The predicted octanol–water partition coefficient (Wildman–Crippen LogP) is 1.87. The van der Waals surface area contributed by atoms with Crippen LogP contribution >= 0.6 is 11.3 Å². The van der Waals surface area contributed by atoms with E-state index >= 15 is 0 Å². The zero-order valence-electron chi connectivity index (χ0n) is 11.8. The van der Waals surface area contributed by atoms with Crippen LogP contribution in [0.25, 0.3) is 0 Å². The van der Waals surface area contributed by atoms with E-state index < -0.39 is 10.0 Å². The standard InChI is InChI=1S/C14H14N2O4S2/c1-9-5-11-12(20-8-14(17)16-11)6-13(9)22(18,19)15-7-10-3-2-4-21-10/h2-6,15H,7-8H2,1H3,(H,16,17). The average molecular weight is 338 g/mol. The van der Waals surface area contributed by atoms with E-state index in [1.54, 1.807) is 13.0 Å². The molecule has 1 aliphatic heterocycles. The third kappa shape index (κ3) is 2.99. The van der Waals surface area contributed by atoms with Crippen molar-refractivity contribution in [1.29, 1.82) is 0 Å². The largest absolute Gasteiger partial charge is 0.482 e. The molecule has 0 unspecified atom stereocenters. The molecule has 0 radical (unpaired) electrons. The van der Waals surface area contributed by atoms with Gasteiger partial charge in [-0.2, -0.15) is 0 Å². The van der Waals surface area contributed by atoms with Crippen LogP contribution in [-0.2, 0) is 21.4 Å². The molecule has 3 rings (SSSR count). The molecule has 6 nitrogen and oxygen atoms in total. The molecular formula is C14H14N2O4S2. The first-order valence-electron chi connectivity index (χ1n) is 6.55. The monoisotopic (exact) mass is 338 g/mol. The third-order valence-electron chi connectivity index (χ3n) is 3.22. The topological polar surface area (TPSA) is 84.5 Å². The summed E-state index contributed by atoms with van der Waals surface area (Å²) >= 11 is 1.49. The number of hydrogen-bond acceptors (Lipinski definition) is 5. The SMILES string of the molecule is Cc1cc2c(cc1S(=O)(=O)NCc1cccs1)OCC(=O)N2. The highest BCUT2D eigenvalue weighted by Gasteiger charge is 2.23. The maximum atomic E-state index is 12.4. The Balaban J connectivity index is 1.88. The number of hydrogen-bond donors (Lipinski definition) is 2. The number of benzene rings is 1. The molecule has 0 aliphatic carbocycles. The van der Waals surface area contributed by atoms with Crippen molar-refractivity contribution >= 4 is 33.0 Å². The van der Waals surface area contributed by atoms with Gasteiger partial charge in [-0.1, -0.05) is 6.07 Å². The van der Waals surface area contributed by atoms with Crippen molar-refractivity contribution in [1.82, 2.24) is 4.72 Å². The first kappa shape index (κ1) is 15.0. The second kappa shape index (κ2) is 5.71. The second-order valence-electron chi connectivity index (χ2n) is 4.85. The van der Waals surface area contributed by atoms with E-state index in [4.69, 9.17) is 4.74 Å². The van der Waals surface area contributed by atoms with Gasteiger partial charge in [0.25, 0.3) is 5.91 Å². The number of carbonyl (C=O) groups is 1. The van der Waals surface area contributed by atoms with E-state index in [0.29, 0.717) is 17.0 Å². The Morgan fingerprint density at radius 1 is 1.41 bits per heavy atom. The molecule has 0 saturated heterocycles. The van der Waals surface area contributed by atoms with Crippen molar-refractivity contribution in [2.45, 2.75) is 18.4 Å². The molecule has 0 fully saturated rings. The van der Waals surface area contributed by atoms with Crippen molar-refractivity contribution in [3.05, 3.63) is 40.1 Å². The van der Waals surface area contributed by atoms with Crippen LogP contribution in [-0.4, -0.2) is 20.9 Å². The fourth-order valence-electron chi connectivity index (χ4n) is 2.16. The van der Waals surface area contributed by atoms with Crippen LogP contribution in [0.2, 0.25) is 0 Å². The number of sulfonamides is 1. The molecule has 8 heteroatoms. The summed E-state index contributed by atoms with van der Waals surface area (Å²) in [6.07, 6.45) is 0. The van der Waals surface area contributed by atoms with E-state index in [1.807, 2.05) is 17.5 Å². The van der Waals surface area contributed by atoms with E-state index in [0.717, 1.165) is 4.88 Å². The summed E-state index contributed by atoms with van der Waals surface area (Å²) in [4.78, 5) is 12.4. The molecular weight excluding hydrogens is 324 g/mol. The van der Waals surface area contributed by atoms with Gasteiger partial charge in [-0.25, -0.2) is 13.1 Å². The van der Waals surface area contributed by atoms with Crippen LogP contribution in [0.4, 0.5) is 5.69 Å². The Kier molecular flexibility index (Phi) is 3.90. The Morgan fingerprint density at radius 3 is 2.95 bits per heavy atom. The van der Waals surface area contributed by atoms with Gasteiger partial charge in [-0.15, -0.1) is 11.3 Å². The highest BCUT2D eigenvalue weighted by molar-refractivity contribution is 7.89. The summed E-state index contributed by atoms with van der Waals surface area (Å²) in [6.45, 7) is 1.81. The van der Waals surface area contributed by atoms with Crippen LogP contribution in [0.15, 0.2) is 34.5 Å². The first-order valence-corrected chi connectivity index (χ1v) is 8.91. The Hall–Kier alpha value is -1.90. The lowest BCUT2D eigenvalue weighted by molar-refractivity contribution is -0.118. The molecule has 2 N–H and O–H groups in total. The number of rotatable bonds is 4. The number of nitrogens with one attached hydrogen (secondary N) is 2. The summed E-state index contributed by atoms with van der Waals surface area (Å²) in [5, 5.41) is 4.55. The minimum Gasteiger partial charge on any atom is -0.482 e. The molecule has 0 atom stereocenters. The first-order chi connectivity index (χ1) is 10.5. The van der Waals surface area contributed by atoms with E-state index in [-0.39, 0.29) is 24.0 Å². The van der Waals surface area contributed by atoms with Crippen LogP contribution in [0, 0.1) is 6.92 Å². The summed E-state index contributed by atoms with van der Waals surface area (Å²) in [5.41, 5.74) is 1.04. The smallest absolute Gasteiger partial charge is 0.262 e. The Labute approximate surface area is 132 Å². The molecule has 2 heterocycles. The maximum Gasteiger partial charge on any atom is 0.262 e. The highest BCUT2D eigenvalue weighted by atomic mass is 32.2. The van der Waals surface area contributed by atoms with Crippen molar-refractivity contribution in [3.8, 4) is 5.75 Å². The van der Waals surface area contributed by atoms with Gasteiger partial charge >= 0.3 is 0 Å². The quantitative estimate of drug-likeness (QED) is 0.891. The van der Waals surface area contributed by atoms with Crippen molar-refractivity contribution < 1.29 is 17.9 Å². The minimum absolute atomic E-state index is 0.113. The predicted molar refractivity (Wildman–Crippen MR) is 83.6 cm³/mol. The zero-order valence-corrected chi connectivity index (χ0v) is 13.4. The fraction of sp³-hybridized carbons (Fsp3) is 0.214. The molecule has 1 amide bonds. The number of thiophene rings is 1. The lowest BCUT2D eigenvalue weighted by atomic mass is 10.2. The van der Waals surface area contributed by atoms with Gasteiger partial charge in [-0.05, 0) is 30.0 Å². The summed E-state index contributed by atoms with van der Waals surface area (Å²) < 4.78 is 32.7. The molecule has 0 saturated carbocycles. The van der Waals surface area contributed by atoms with Crippen LogP contribution < -0.4 is 14.8 Å². The number of fused-ring (bicyclic) bond motifs is 1. The molecule has 2 aromatic rings. The number of anilines is 1. The van der Waals surface area contributed by atoms with Gasteiger partial charge in [0, 0.05) is 17.5 Å². The van der Waals surface area contributed by atoms with Gasteiger partial charge < -0.3 is 10.1 Å². The van der Waals surface area contributed by atoms with Crippen LogP contribution in [0.1, 0.15) is 10.4 Å². The summed E-state index contributed by atoms with van der Waals surface area (Å²) in [5.74, 6) is 0.111. The van der Waals surface area contributed by atoms with E-state index in [9.17, 15) is 13.2 Å². The lowest BCUT2D eigenvalue weighted by Gasteiger charge is -2.20. The normalized spacial score (nSPS) is 14.1. The Bertz CT molecular complexity index is 814. The number of carbonyl (C=O) groups excluding carboxylic acids is 1. The number of aryl methyl sites for hydroxylation is 1. The van der Waals surface area contributed by atoms with Gasteiger partial charge in [0.2, 0.25) is 10.0 Å². The molecule has 116 valence electrons. The van der Waals surface area contributed by atoms with Crippen LogP contribution in [0.3, 0.4) is 0 Å². The maximum absolute atomic E-state index is 12.4. The molecule has 1 aromatic carbocycles. The average Bonchev–Trinajstić information content (AvgIpc) is 2.97. The van der Waals surface area contributed by atoms with E-state index in [1.165, 1.54) is 17.4 Å². The number of amides is 1. The highest BCUT2D eigenvalue weighted by Crippen LogP contribution is 2.32. The zero-order chi connectivity index (χ0) is 15.7. The Morgan fingerprint density at radius 2 is 2.23 bits per heavy atom. The fourth-order valence-corrected chi connectivity index (χ4v) is 4.14. The van der Waals surface area contributed by atoms with Crippen molar-refractivity contribution in [3.63, 3.8) is 0 Å². The summed E-state index contributed by atoms with van der Waals surface area (Å²) in [6, 6.07) is 6.79. The molecule has 22 heavy (non-hydrogen) atoms. The third-order valence-corrected chi connectivity index (χ3v) is 5.64. The minimum atomic E-state index is -3.65. The molecule has 0 bridgehead atoms.